The van der Waals surface area contributed by atoms with Crippen molar-refractivity contribution in [2.24, 2.45) is 5.73 Å². The third-order valence-corrected chi connectivity index (χ3v) is 4.31. The van der Waals surface area contributed by atoms with E-state index in [0.717, 1.165) is 23.0 Å². The molecule has 1 heterocycles. The molecule has 0 bridgehead atoms. The summed E-state index contributed by atoms with van der Waals surface area (Å²) >= 11 is 2.84. The Hall–Kier alpha value is -0.920. The smallest absolute Gasteiger partial charge is 0.261 e. The fourth-order valence-corrected chi connectivity index (χ4v) is 3.24. The van der Waals surface area contributed by atoms with Crippen molar-refractivity contribution in [1.29, 1.82) is 0 Å². The minimum Gasteiger partial charge on any atom is -0.396 e. The van der Waals surface area contributed by atoms with Gasteiger partial charge in [0.2, 0.25) is 0 Å². The fraction of sp³-hybridized carbons (Fsp3) is 0.500. The van der Waals surface area contributed by atoms with Crippen LogP contribution in [0.3, 0.4) is 0 Å². The molecule has 1 rings (SSSR count). The molecule has 0 saturated carbocycles. The SMILES string of the molecule is CSc1c(NCCN(C)C)sc(C(N)=O)c1N. The van der Waals surface area contributed by atoms with Crippen LogP contribution in [0.4, 0.5) is 10.7 Å². The van der Waals surface area contributed by atoms with E-state index in [0.29, 0.717) is 10.6 Å². The van der Waals surface area contributed by atoms with E-state index in [1.807, 2.05) is 20.4 Å². The molecule has 0 aliphatic heterocycles. The number of nitrogen functional groups attached to an aromatic ring is 1. The number of nitrogens with one attached hydrogen (secondary N) is 1. The second-order valence-corrected chi connectivity index (χ2v) is 5.64. The van der Waals surface area contributed by atoms with E-state index in [1.54, 1.807) is 0 Å². The quantitative estimate of drug-likeness (QED) is 0.677. The molecule has 0 aromatic carbocycles. The Bertz CT molecular complexity index is 403. The molecule has 1 aromatic rings. The van der Waals surface area contributed by atoms with Crippen LogP contribution in [0.1, 0.15) is 9.67 Å². The zero-order valence-electron chi connectivity index (χ0n) is 10.2. The predicted molar refractivity (Wildman–Crippen MR) is 76.1 cm³/mol. The molecular weight excluding hydrogens is 256 g/mol. The van der Waals surface area contributed by atoms with Crippen molar-refractivity contribution in [2.75, 3.05) is 44.5 Å². The van der Waals surface area contributed by atoms with Gasteiger partial charge in [-0.25, -0.2) is 0 Å². The van der Waals surface area contributed by atoms with Crippen LogP contribution in [0, 0.1) is 0 Å². The highest BCUT2D eigenvalue weighted by Crippen LogP contribution is 2.41. The second-order valence-electron chi connectivity index (χ2n) is 3.80. The fourth-order valence-electron chi connectivity index (χ4n) is 1.32. The van der Waals surface area contributed by atoms with Crippen LogP contribution < -0.4 is 16.8 Å². The average molecular weight is 274 g/mol. The summed E-state index contributed by atoms with van der Waals surface area (Å²) in [6.07, 6.45) is 1.93. The first-order chi connectivity index (χ1) is 7.97. The second kappa shape index (κ2) is 6.13. The molecule has 0 saturated heterocycles. The molecule has 0 spiro atoms. The molecule has 0 unspecified atom stereocenters. The molecular formula is C10H18N4OS2. The number of thiophene rings is 1. The molecule has 5 nitrogen and oxygen atoms in total. The highest BCUT2D eigenvalue weighted by Gasteiger charge is 2.18. The number of carbonyl (C=O) groups excluding carboxylic acids is 1. The molecule has 0 fully saturated rings. The van der Waals surface area contributed by atoms with Crippen molar-refractivity contribution in [2.45, 2.75) is 4.90 Å². The minimum absolute atomic E-state index is 0.432. The summed E-state index contributed by atoms with van der Waals surface area (Å²) in [5, 5.41) is 4.20. The number of primary amides is 1. The minimum atomic E-state index is -0.469. The molecule has 1 amide bonds. The lowest BCUT2D eigenvalue weighted by Crippen LogP contribution is -2.20. The Morgan fingerprint density at radius 3 is 2.65 bits per heavy atom. The number of hydrogen-bond donors (Lipinski definition) is 3. The van der Waals surface area contributed by atoms with E-state index in [1.165, 1.54) is 23.1 Å². The zero-order valence-corrected chi connectivity index (χ0v) is 11.9. The summed E-state index contributed by atoms with van der Waals surface area (Å²) in [6, 6.07) is 0. The number of carbonyl (C=O) groups is 1. The van der Waals surface area contributed by atoms with Crippen LogP contribution >= 0.6 is 23.1 Å². The van der Waals surface area contributed by atoms with Gasteiger partial charge in [0, 0.05) is 13.1 Å². The van der Waals surface area contributed by atoms with Crippen molar-refractivity contribution in [3.63, 3.8) is 0 Å². The summed E-state index contributed by atoms with van der Waals surface area (Å²) in [5.74, 6) is -0.469. The monoisotopic (exact) mass is 274 g/mol. The molecule has 96 valence electrons. The highest BCUT2D eigenvalue weighted by molar-refractivity contribution is 7.99. The van der Waals surface area contributed by atoms with Crippen LogP contribution in [0.15, 0.2) is 4.90 Å². The van der Waals surface area contributed by atoms with Crippen LogP contribution in [-0.4, -0.2) is 44.2 Å². The van der Waals surface area contributed by atoms with Gasteiger partial charge < -0.3 is 21.7 Å². The van der Waals surface area contributed by atoms with E-state index in [-0.39, 0.29) is 0 Å². The van der Waals surface area contributed by atoms with E-state index >= 15 is 0 Å². The van der Waals surface area contributed by atoms with E-state index in [2.05, 4.69) is 10.2 Å². The number of nitrogens with two attached hydrogens (primary N) is 2. The van der Waals surface area contributed by atoms with Gasteiger partial charge in [-0.15, -0.1) is 23.1 Å². The first-order valence-corrected chi connectivity index (χ1v) is 7.16. The normalized spacial score (nSPS) is 10.8. The number of rotatable bonds is 6. The number of hydrogen-bond acceptors (Lipinski definition) is 6. The molecule has 0 atom stereocenters. The van der Waals surface area contributed by atoms with E-state index < -0.39 is 5.91 Å². The van der Waals surface area contributed by atoms with Crippen LogP contribution in [0.2, 0.25) is 0 Å². The molecule has 17 heavy (non-hydrogen) atoms. The molecule has 0 aliphatic rings. The number of thioether (sulfide) groups is 1. The van der Waals surface area contributed by atoms with Crippen LogP contribution in [-0.2, 0) is 0 Å². The largest absolute Gasteiger partial charge is 0.396 e. The maximum atomic E-state index is 11.2. The van der Waals surface area contributed by atoms with Gasteiger partial charge in [-0.05, 0) is 20.4 Å². The van der Waals surface area contributed by atoms with Crippen molar-refractivity contribution >= 4 is 39.7 Å². The average Bonchev–Trinajstić information content (AvgIpc) is 2.54. The van der Waals surface area contributed by atoms with Crippen molar-refractivity contribution < 1.29 is 4.79 Å². The number of anilines is 2. The number of amides is 1. The first kappa shape index (κ1) is 14.1. The van der Waals surface area contributed by atoms with Gasteiger partial charge >= 0.3 is 0 Å². The Kier molecular flexibility index (Phi) is 5.10. The van der Waals surface area contributed by atoms with E-state index in [9.17, 15) is 4.79 Å². The van der Waals surface area contributed by atoms with Gasteiger partial charge in [-0.2, -0.15) is 0 Å². The standard InChI is InChI=1S/C10H18N4OS2/c1-14(2)5-4-13-10-8(16-3)6(11)7(17-10)9(12)15/h13H,4-5,11H2,1-3H3,(H2,12,15). The van der Waals surface area contributed by atoms with Gasteiger partial charge in [-0.3, -0.25) is 4.79 Å². The highest BCUT2D eigenvalue weighted by atomic mass is 32.2. The van der Waals surface area contributed by atoms with E-state index in [4.69, 9.17) is 11.5 Å². The van der Waals surface area contributed by atoms with Crippen molar-refractivity contribution in [3.05, 3.63) is 4.88 Å². The summed E-state index contributed by atoms with van der Waals surface area (Å²) in [7, 11) is 4.02. The van der Waals surface area contributed by atoms with Gasteiger partial charge in [0.1, 0.15) is 9.88 Å². The van der Waals surface area contributed by atoms with Gasteiger partial charge in [-0.1, -0.05) is 0 Å². The third kappa shape index (κ3) is 3.52. The summed E-state index contributed by atoms with van der Waals surface area (Å²) in [5.41, 5.74) is 11.6. The van der Waals surface area contributed by atoms with Crippen molar-refractivity contribution in [1.82, 2.24) is 4.90 Å². The lowest BCUT2D eigenvalue weighted by atomic mass is 10.4. The number of nitrogens with zero attached hydrogens (tertiary/aromatic N) is 1. The van der Waals surface area contributed by atoms with Crippen LogP contribution in [0.5, 0.6) is 0 Å². The Morgan fingerprint density at radius 2 is 2.18 bits per heavy atom. The molecule has 0 radical (unpaired) electrons. The Morgan fingerprint density at radius 1 is 1.53 bits per heavy atom. The zero-order chi connectivity index (χ0) is 13.0. The maximum Gasteiger partial charge on any atom is 0.261 e. The lowest BCUT2D eigenvalue weighted by molar-refractivity contribution is 0.100. The lowest BCUT2D eigenvalue weighted by Gasteiger charge is -2.10. The van der Waals surface area contributed by atoms with Gasteiger partial charge in [0.25, 0.3) is 5.91 Å². The Balaban J connectivity index is 2.84. The maximum absolute atomic E-state index is 11.2. The summed E-state index contributed by atoms with van der Waals surface area (Å²) in [6.45, 7) is 1.72. The van der Waals surface area contributed by atoms with Crippen LogP contribution in [0.25, 0.3) is 0 Å². The number of likely N-dealkylation sites (N-methyl/N-ethyl adjacent to an activating group) is 1. The summed E-state index contributed by atoms with van der Waals surface area (Å²) in [4.78, 5) is 14.6. The van der Waals surface area contributed by atoms with Crippen molar-refractivity contribution in [3.8, 4) is 0 Å². The molecule has 0 aliphatic carbocycles. The van der Waals surface area contributed by atoms with Gasteiger partial charge in [0.15, 0.2) is 0 Å². The molecule has 7 heteroatoms. The predicted octanol–water partition coefficient (Wildman–Crippen LogP) is 1.12. The Labute approximate surface area is 110 Å². The molecule has 1 aromatic heterocycles. The van der Waals surface area contributed by atoms with Gasteiger partial charge in [0.05, 0.1) is 10.6 Å². The third-order valence-electron chi connectivity index (χ3n) is 2.17. The topological polar surface area (TPSA) is 84.4 Å². The first-order valence-electron chi connectivity index (χ1n) is 5.12. The molecule has 5 N–H and O–H groups in total. The summed E-state index contributed by atoms with van der Waals surface area (Å²) < 4.78 is 0.